The van der Waals surface area contributed by atoms with Crippen molar-refractivity contribution in [1.82, 2.24) is 5.32 Å². The molecule has 1 aliphatic rings. The number of amides is 1. The number of hydrogen-bond acceptors (Lipinski definition) is 3. The number of fused-ring (bicyclic) bond motifs is 1. The lowest BCUT2D eigenvalue weighted by Crippen LogP contribution is -2.45. The van der Waals surface area contributed by atoms with E-state index in [4.69, 9.17) is 5.11 Å². The van der Waals surface area contributed by atoms with Gasteiger partial charge in [0.15, 0.2) is 0 Å². The van der Waals surface area contributed by atoms with Crippen molar-refractivity contribution in [2.45, 2.75) is 25.3 Å². The summed E-state index contributed by atoms with van der Waals surface area (Å²) < 4.78 is 0. The number of para-hydroxylation sites is 1. The molecule has 5 nitrogen and oxygen atoms in total. The third-order valence-electron chi connectivity index (χ3n) is 3.79. The van der Waals surface area contributed by atoms with E-state index in [1.165, 1.54) is 0 Å². The van der Waals surface area contributed by atoms with Gasteiger partial charge in [0.2, 0.25) is 5.91 Å². The molecule has 1 amide bonds. The van der Waals surface area contributed by atoms with Gasteiger partial charge in [-0.3, -0.25) is 9.59 Å². The molecule has 2 unspecified atom stereocenters. The van der Waals surface area contributed by atoms with E-state index < -0.39 is 5.97 Å². The van der Waals surface area contributed by atoms with Gasteiger partial charge in [0.1, 0.15) is 6.04 Å². The van der Waals surface area contributed by atoms with Crippen molar-refractivity contribution in [3.8, 4) is 0 Å². The summed E-state index contributed by atoms with van der Waals surface area (Å²) in [4.78, 5) is 25.1. The molecule has 2 atom stereocenters. The molecule has 1 aliphatic heterocycles. The third kappa shape index (κ3) is 3.24. The normalized spacial score (nSPS) is 18.0. The van der Waals surface area contributed by atoms with Crippen LogP contribution in [0.3, 0.4) is 0 Å². The number of nitrogens with zero attached hydrogens (tertiary/aromatic N) is 1. The zero-order valence-electron chi connectivity index (χ0n) is 12.1. The van der Waals surface area contributed by atoms with Crippen LogP contribution in [0.15, 0.2) is 36.9 Å². The van der Waals surface area contributed by atoms with E-state index in [0.717, 1.165) is 11.3 Å². The van der Waals surface area contributed by atoms with Crippen LogP contribution in [0.2, 0.25) is 0 Å². The van der Waals surface area contributed by atoms with Crippen LogP contribution in [0.25, 0.3) is 0 Å². The molecule has 2 N–H and O–H groups in total. The van der Waals surface area contributed by atoms with Gasteiger partial charge in [0.05, 0.1) is 6.42 Å². The number of aliphatic carboxylic acids is 1. The Morgan fingerprint density at radius 1 is 1.52 bits per heavy atom. The number of carboxylic acid groups (broad SMARTS) is 1. The highest BCUT2D eigenvalue weighted by Gasteiger charge is 2.34. The van der Waals surface area contributed by atoms with E-state index in [0.29, 0.717) is 13.1 Å². The largest absolute Gasteiger partial charge is 0.481 e. The number of carbonyl (C=O) groups is 2. The first-order valence-electron chi connectivity index (χ1n) is 7.00. The molecule has 0 aliphatic carbocycles. The summed E-state index contributed by atoms with van der Waals surface area (Å²) in [5.41, 5.74) is 1.95. The Hall–Kier alpha value is -2.30. The zero-order chi connectivity index (χ0) is 15.4. The molecular weight excluding hydrogens is 268 g/mol. The van der Waals surface area contributed by atoms with Crippen LogP contribution in [-0.4, -0.2) is 36.1 Å². The molecule has 0 saturated heterocycles. The predicted molar refractivity (Wildman–Crippen MR) is 81.5 cm³/mol. The van der Waals surface area contributed by atoms with Crippen LogP contribution in [0.1, 0.15) is 24.8 Å². The van der Waals surface area contributed by atoms with Crippen LogP contribution < -0.4 is 10.2 Å². The maximum Gasteiger partial charge on any atom is 0.304 e. The van der Waals surface area contributed by atoms with Gasteiger partial charge in [-0.15, -0.1) is 6.58 Å². The minimum atomic E-state index is -0.819. The lowest BCUT2D eigenvalue weighted by molar-refractivity contribution is -0.137. The van der Waals surface area contributed by atoms with Gasteiger partial charge in [-0.25, -0.2) is 0 Å². The second-order valence-corrected chi connectivity index (χ2v) is 5.22. The van der Waals surface area contributed by atoms with Crippen LogP contribution in [0.5, 0.6) is 0 Å². The molecule has 1 aromatic carbocycles. The van der Waals surface area contributed by atoms with E-state index in [2.05, 4.69) is 11.9 Å². The number of rotatable bonds is 6. The summed E-state index contributed by atoms with van der Waals surface area (Å²) in [5, 5.41) is 11.8. The average molecular weight is 288 g/mol. The van der Waals surface area contributed by atoms with Crippen molar-refractivity contribution in [3.05, 3.63) is 42.5 Å². The molecule has 1 heterocycles. The summed E-state index contributed by atoms with van der Waals surface area (Å²) in [6.45, 7) is 6.39. The standard InChI is InChI=1S/C16H20N2O3/c1-3-8-17-16(21)11(2)18-10-12(9-15(19)20)13-6-4-5-7-14(13)18/h3-7,11-12H,1,8-10H2,2H3,(H,17,21)(H,19,20). The molecule has 21 heavy (non-hydrogen) atoms. The Balaban J connectivity index is 2.20. The predicted octanol–water partition coefficient (Wildman–Crippen LogP) is 1.76. The molecule has 0 bridgehead atoms. The van der Waals surface area contributed by atoms with Gasteiger partial charge < -0.3 is 15.3 Å². The molecule has 0 radical (unpaired) electrons. The lowest BCUT2D eigenvalue weighted by atomic mass is 9.98. The lowest BCUT2D eigenvalue weighted by Gasteiger charge is -2.26. The number of benzene rings is 1. The maximum absolute atomic E-state index is 12.1. The van der Waals surface area contributed by atoms with Crippen molar-refractivity contribution in [2.75, 3.05) is 18.0 Å². The summed E-state index contributed by atoms with van der Waals surface area (Å²) in [6.07, 6.45) is 1.71. The minimum absolute atomic E-state index is 0.0756. The van der Waals surface area contributed by atoms with Gasteiger partial charge in [0, 0.05) is 24.7 Å². The summed E-state index contributed by atoms with van der Waals surface area (Å²) in [5.74, 6) is -0.977. The second-order valence-electron chi connectivity index (χ2n) is 5.22. The molecule has 1 aromatic rings. The molecule has 2 rings (SSSR count). The van der Waals surface area contributed by atoms with Gasteiger partial charge in [-0.2, -0.15) is 0 Å². The van der Waals surface area contributed by atoms with Crippen LogP contribution >= 0.6 is 0 Å². The number of carbonyl (C=O) groups excluding carboxylic acids is 1. The number of nitrogens with one attached hydrogen (secondary N) is 1. The van der Waals surface area contributed by atoms with Crippen LogP contribution in [0, 0.1) is 0 Å². The number of hydrogen-bond donors (Lipinski definition) is 2. The summed E-state index contributed by atoms with van der Waals surface area (Å²) >= 11 is 0. The van der Waals surface area contributed by atoms with Crippen molar-refractivity contribution < 1.29 is 14.7 Å². The van der Waals surface area contributed by atoms with E-state index >= 15 is 0 Å². The number of anilines is 1. The number of carboxylic acids is 1. The zero-order valence-corrected chi connectivity index (χ0v) is 12.1. The maximum atomic E-state index is 12.1. The molecular formula is C16H20N2O3. The topological polar surface area (TPSA) is 69.6 Å². The van der Waals surface area contributed by atoms with Crippen molar-refractivity contribution >= 4 is 17.6 Å². The minimum Gasteiger partial charge on any atom is -0.481 e. The van der Waals surface area contributed by atoms with E-state index in [1.54, 1.807) is 6.08 Å². The molecule has 0 aromatic heterocycles. The highest BCUT2D eigenvalue weighted by molar-refractivity contribution is 5.86. The third-order valence-corrected chi connectivity index (χ3v) is 3.79. The first kappa shape index (κ1) is 15.1. The monoisotopic (exact) mass is 288 g/mol. The van der Waals surface area contributed by atoms with E-state index in [-0.39, 0.29) is 24.3 Å². The Morgan fingerprint density at radius 3 is 2.90 bits per heavy atom. The Bertz CT molecular complexity index is 556. The Morgan fingerprint density at radius 2 is 2.24 bits per heavy atom. The first-order valence-corrected chi connectivity index (χ1v) is 7.00. The van der Waals surface area contributed by atoms with E-state index in [1.807, 2.05) is 36.1 Å². The van der Waals surface area contributed by atoms with Crippen molar-refractivity contribution in [1.29, 1.82) is 0 Å². The molecule has 0 fully saturated rings. The highest BCUT2D eigenvalue weighted by Crippen LogP contribution is 2.38. The van der Waals surface area contributed by atoms with Crippen LogP contribution in [0.4, 0.5) is 5.69 Å². The van der Waals surface area contributed by atoms with Crippen molar-refractivity contribution in [2.24, 2.45) is 0 Å². The van der Waals surface area contributed by atoms with Gasteiger partial charge in [-0.1, -0.05) is 24.3 Å². The summed E-state index contributed by atoms with van der Waals surface area (Å²) in [7, 11) is 0. The fourth-order valence-corrected chi connectivity index (χ4v) is 2.74. The van der Waals surface area contributed by atoms with Gasteiger partial charge in [0.25, 0.3) is 0 Å². The van der Waals surface area contributed by atoms with Crippen molar-refractivity contribution in [3.63, 3.8) is 0 Å². The molecule has 0 spiro atoms. The second kappa shape index (κ2) is 6.43. The highest BCUT2D eigenvalue weighted by atomic mass is 16.4. The van der Waals surface area contributed by atoms with E-state index in [9.17, 15) is 9.59 Å². The first-order chi connectivity index (χ1) is 10.0. The summed E-state index contributed by atoms with van der Waals surface area (Å²) in [6, 6.07) is 7.35. The Labute approximate surface area is 124 Å². The Kier molecular flexibility index (Phi) is 4.62. The molecule has 112 valence electrons. The quantitative estimate of drug-likeness (QED) is 0.783. The SMILES string of the molecule is C=CCNC(=O)C(C)N1CC(CC(=O)O)c2ccccc21. The fraction of sp³-hybridized carbons (Fsp3) is 0.375. The smallest absolute Gasteiger partial charge is 0.304 e. The average Bonchev–Trinajstić information content (AvgIpc) is 2.82. The van der Waals surface area contributed by atoms with Gasteiger partial charge in [-0.05, 0) is 18.6 Å². The molecule has 0 saturated carbocycles. The van der Waals surface area contributed by atoms with Gasteiger partial charge >= 0.3 is 5.97 Å². The molecule has 5 heteroatoms. The fourth-order valence-electron chi connectivity index (χ4n) is 2.74. The van der Waals surface area contributed by atoms with Crippen LogP contribution in [-0.2, 0) is 9.59 Å².